The Morgan fingerprint density at radius 3 is 2.27 bits per heavy atom. The fraction of sp³-hybridized carbons (Fsp3) is 0.480. The number of methoxy groups -OCH3 is 1. The molecular formula is C25H29F3N2O3. The SMILES string of the molecule is COc1cccc(CN2CCC(C(=O)N3CCC(Oc4c(F)cc(F)cc4F)CC3)CC2)c1. The van der Waals surface area contributed by atoms with Crippen molar-refractivity contribution in [1.29, 1.82) is 0 Å². The van der Waals surface area contributed by atoms with Crippen LogP contribution in [0, 0.1) is 23.4 Å². The molecule has 2 aliphatic rings. The van der Waals surface area contributed by atoms with Gasteiger partial charge in [0.25, 0.3) is 0 Å². The molecule has 0 bridgehead atoms. The van der Waals surface area contributed by atoms with E-state index in [0.717, 1.165) is 38.2 Å². The van der Waals surface area contributed by atoms with E-state index in [0.29, 0.717) is 38.1 Å². The number of amides is 1. The van der Waals surface area contributed by atoms with Crippen LogP contribution in [-0.4, -0.2) is 55.1 Å². The van der Waals surface area contributed by atoms with E-state index in [4.69, 9.17) is 9.47 Å². The van der Waals surface area contributed by atoms with E-state index in [-0.39, 0.29) is 11.8 Å². The standard InChI is InChI=1S/C25H29F3N2O3/c1-32-21-4-2-3-17(13-21)16-29-9-5-18(6-10-29)25(31)30-11-7-20(8-12-30)33-24-22(27)14-19(26)15-23(24)28/h2-4,13-15,18,20H,5-12,16H2,1H3. The van der Waals surface area contributed by atoms with Crippen LogP contribution in [0.25, 0.3) is 0 Å². The molecule has 0 radical (unpaired) electrons. The lowest BCUT2D eigenvalue weighted by molar-refractivity contribution is -0.139. The normalized spacial score (nSPS) is 18.4. The highest BCUT2D eigenvalue weighted by molar-refractivity contribution is 5.79. The Kier molecular flexibility index (Phi) is 7.42. The van der Waals surface area contributed by atoms with E-state index in [1.54, 1.807) is 7.11 Å². The summed E-state index contributed by atoms with van der Waals surface area (Å²) in [6.45, 7) is 3.51. The van der Waals surface area contributed by atoms with Gasteiger partial charge >= 0.3 is 0 Å². The molecule has 2 aromatic rings. The number of ether oxygens (including phenoxy) is 2. The van der Waals surface area contributed by atoms with Gasteiger partial charge in [0.2, 0.25) is 5.91 Å². The van der Waals surface area contributed by atoms with E-state index in [1.807, 2.05) is 23.1 Å². The van der Waals surface area contributed by atoms with Crippen LogP contribution in [0.5, 0.6) is 11.5 Å². The van der Waals surface area contributed by atoms with Gasteiger partial charge in [-0.1, -0.05) is 12.1 Å². The smallest absolute Gasteiger partial charge is 0.225 e. The zero-order valence-corrected chi connectivity index (χ0v) is 18.7. The molecule has 2 heterocycles. The molecule has 33 heavy (non-hydrogen) atoms. The van der Waals surface area contributed by atoms with Crippen molar-refractivity contribution in [1.82, 2.24) is 9.80 Å². The molecule has 2 fully saturated rings. The van der Waals surface area contributed by atoms with Gasteiger partial charge in [0.1, 0.15) is 17.7 Å². The van der Waals surface area contributed by atoms with Crippen molar-refractivity contribution in [3.8, 4) is 11.5 Å². The Hall–Kier alpha value is -2.74. The lowest BCUT2D eigenvalue weighted by atomic mass is 9.93. The third-order valence-corrected chi connectivity index (χ3v) is 6.48. The summed E-state index contributed by atoms with van der Waals surface area (Å²) in [6, 6.07) is 9.24. The first-order chi connectivity index (χ1) is 15.9. The summed E-state index contributed by atoms with van der Waals surface area (Å²) < 4.78 is 51.5. The number of hydrogen-bond donors (Lipinski definition) is 0. The fourth-order valence-corrected chi connectivity index (χ4v) is 4.63. The first kappa shape index (κ1) is 23.4. The maximum Gasteiger partial charge on any atom is 0.225 e. The molecule has 0 aromatic heterocycles. The van der Waals surface area contributed by atoms with Crippen molar-refractivity contribution in [3.05, 3.63) is 59.4 Å². The summed E-state index contributed by atoms with van der Waals surface area (Å²) in [5.41, 5.74) is 1.19. The molecule has 0 spiro atoms. The second-order valence-corrected chi connectivity index (χ2v) is 8.74. The number of benzene rings is 2. The molecule has 5 nitrogen and oxygen atoms in total. The predicted molar refractivity (Wildman–Crippen MR) is 118 cm³/mol. The van der Waals surface area contributed by atoms with Gasteiger partial charge in [-0.2, -0.15) is 0 Å². The Balaban J connectivity index is 1.23. The highest BCUT2D eigenvalue weighted by Crippen LogP contribution is 2.28. The molecule has 2 aromatic carbocycles. The van der Waals surface area contributed by atoms with Crippen LogP contribution in [0.3, 0.4) is 0 Å². The van der Waals surface area contributed by atoms with Crippen molar-refractivity contribution >= 4 is 5.91 Å². The summed E-state index contributed by atoms with van der Waals surface area (Å²) in [5, 5.41) is 0. The molecule has 1 amide bonds. The minimum Gasteiger partial charge on any atom is -0.497 e. The summed E-state index contributed by atoms with van der Waals surface area (Å²) >= 11 is 0. The molecule has 0 atom stereocenters. The number of hydrogen-bond acceptors (Lipinski definition) is 4. The van der Waals surface area contributed by atoms with Crippen LogP contribution in [0.1, 0.15) is 31.2 Å². The molecule has 0 saturated carbocycles. The zero-order valence-electron chi connectivity index (χ0n) is 18.7. The minimum atomic E-state index is -1.05. The maximum atomic E-state index is 13.8. The number of carbonyl (C=O) groups excluding carboxylic acids is 1. The number of likely N-dealkylation sites (tertiary alicyclic amines) is 2. The largest absolute Gasteiger partial charge is 0.497 e. The Morgan fingerprint density at radius 2 is 1.64 bits per heavy atom. The van der Waals surface area contributed by atoms with Gasteiger partial charge in [0.15, 0.2) is 17.4 Å². The van der Waals surface area contributed by atoms with Gasteiger partial charge < -0.3 is 14.4 Å². The van der Waals surface area contributed by atoms with Gasteiger partial charge in [-0.25, -0.2) is 13.2 Å². The lowest BCUT2D eigenvalue weighted by Crippen LogP contribution is -2.47. The first-order valence-corrected chi connectivity index (χ1v) is 11.4. The number of halogens is 3. The predicted octanol–water partition coefficient (Wildman–Crippen LogP) is 4.39. The van der Waals surface area contributed by atoms with Gasteiger partial charge in [-0.15, -0.1) is 0 Å². The third kappa shape index (κ3) is 5.79. The number of rotatable bonds is 6. The molecule has 2 saturated heterocycles. The second-order valence-electron chi connectivity index (χ2n) is 8.74. The van der Waals surface area contributed by atoms with Gasteiger partial charge in [-0.3, -0.25) is 9.69 Å². The lowest BCUT2D eigenvalue weighted by Gasteiger charge is -2.37. The molecule has 0 aliphatic carbocycles. The highest BCUT2D eigenvalue weighted by atomic mass is 19.1. The van der Waals surface area contributed by atoms with Gasteiger partial charge in [0, 0.05) is 50.5 Å². The van der Waals surface area contributed by atoms with Crippen LogP contribution >= 0.6 is 0 Å². The summed E-state index contributed by atoms with van der Waals surface area (Å²) in [6.07, 6.45) is 2.18. The molecule has 2 aliphatic heterocycles. The average Bonchev–Trinajstić information content (AvgIpc) is 2.82. The summed E-state index contributed by atoms with van der Waals surface area (Å²) in [7, 11) is 1.66. The van der Waals surface area contributed by atoms with E-state index >= 15 is 0 Å². The van der Waals surface area contributed by atoms with Crippen molar-refractivity contribution in [2.45, 2.75) is 38.3 Å². The number of nitrogens with zero attached hydrogens (tertiary/aromatic N) is 2. The summed E-state index contributed by atoms with van der Waals surface area (Å²) in [4.78, 5) is 17.2. The topological polar surface area (TPSA) is 42.0 Å². The average molecular weight is 463 g/mol. The van der Waals surface area contributed by atoms with E-state index < -0.39 is 29.3 Å². The third-order valence-electron chi connectivity index (χ3n) is 6.48. The summed E-state index contributed by atoms with van der Waals surface area (Å²) in [5.74, 6) is -2.64. The molecular weight excluding hydrogens is 433 g/mol. The minimum absolute atomic E-state index is 0.00369. The van der Waals surface area contributed by atoms with Gasteiger partial charge in [0.05, 0.1) is 7.11 Å². The number of piperidine rings is 2. The monoisotopic (exact) mass is 462 g/mol. The zero-order chi connectivity index (χ0) is 23.4. The fourth-order valence-electron chi connectivity index (χ4n) is 4.63. The highest BCUT2D eigenvalue weighted by Gasteiger charge is 2.32. The Bertz CT molecular complexity index is 948. The molecule has 178 valence electrons. The van der Waals surface area contributed by atoms with Crippen LogP contribution < -0.4 is 9.47 Å². The van der Waals surface area contributed by atoms with E-state index in [9.17, 15) is 18.0 Å². The first-order valence-electron chi connectivity index (χ1n) is 11.4. The molecule has 0 unspecified atom stereocenters. The van der Waals surface area contributed by atoms with Crippen molar-refractivity contribution in [2.24, 2.45) is 5.92 Å². The van der Waals surface area contributed by atoms with Crippen molar-refractivity contribution < 1.29 is 27.4 Å². The number of carbonyl (C=O) groups is 1. The quantitative estimate of drug-likeness (QED) is 0.639. The van der Waals surface area contributed by atoms with Crippen molar-refractivity contribution in [2.75, 3.05) is 33.3 Å². The van der Waals surface area contributed by atoms with Gasteiger partial charge in [-0.05, 0) is 43.6 Å². The maximum absolute atomic E-state index is 13.8. The van der Waals surface area contributed by atoms with E-state index in [2.05, 4.69) is 11.0 Å². The molecule has 4 rings (SSSR count). The van der Waals surface area contributed by atoms with Crippen LogP contribution in [0.4, 0.5) is 13.2 Å². The second kappa shape index (κ2) is 10.5. The van der Waals surface area contributed by atoms with Crippen LogP contribution in [0.2, 0.25) is 0 Å². The molecule has 0 N–H and O–H groups in total. The van der Waals surface area contributed by atoms with E-state index in [1.165, 1.54) is 5.56 Å². The van der Waals surface area contributed by atoms with Crippen molar-refractivity contribution in [3.63, 3.8) is 0 Å². The molecule has 8 heteroatoms. The van der Waals surface area contributed by atoms with Crippen LogP contribution in [-0.2, 0) is 11.3 Å². The van der Waals surface area contributed by atoms with Crippen LogP contribution in [0.15, 0.2) is 36.4 Å². The Labute approximate surface area is 192 Å². The Morgan fingerprint density at radius 1 is 0.970 bits per heavy atom.